The lowest BCUT2D eigenvalue weighted by atomic mass is 9.99. The van der Waals surface area contributed by atoms with Gasteiger partial charge in [0.2, 0.25) is 5.91 Å². The third-order valence-electron chi connectivity index (χ3n) is 9.07. The van der Waals surface area contributed by atoms with Crippen molar-refractivity contribution in [2.75, 3.05) is 31.3 Å². The number of fused-ring (bicyclic) bond motifs is 5. The monoisotopic (exact) mass is 676 g/mol. The van der Waals surface area contributed by atoms with Gasteiger partial charge >= 0.3 is 6.03 Å². The number of ether oxygens (including phenoxy) is 2. The van der Waals surface area contributed by atoms with E-state index in [2.05, 4.69) is 16.0 Å². The van der Waals surface area contributed by atoms with Crippen LogP contribution < -0.4 is 20.7 Å². The fraction of sp³-hybridized carbons (Fsp3) is 0.400. The van der Waals surface area contributed by atoms with Gasteiger partial charge in [-0.25, -0.2) is 13.2 Å². The minimum absolute atomic E-state index is 0.0720. The number of rotatable bonds is 3. The number of amides is 4. The van der Waals surface area contributed by atoms with Crippen LogP contribution in [-0.2, 0) is 19.4 Å². The van der Waals surface area contributed by atoms with Crippen LogP contribution in [0.15, 0.2) is 71.6 Å². The van der Waals surface area contributed by atoms with Crippen LogP contribution in [0.5, 0.6) is 5.75 Å². The van der Waals surface area contributed by atoms with E-state index in [-0.39, 0.29) is 42.7 Å². The maximum atomic E-state index is 13.8. The third kappa shape index (κ3) is 7.64. The number of sulfone groups is 1. The van der Waals surface area contributed by atoms with E-state index in [1.165, 1.54) is 17.0 Å². The van der Waals surface area contributed by atoms with Crippen molar-refractivity contribution in [3.8, 4) is 16.9 Å². The Hall–Kier alpha value is -4.46. The Morgan fingerprint density at radius 1 is 1.00 bits per heavy atom. The number of nitrogens with zero attached hydrogens (tertiary/aromatic N) is 1. The Balaban J connectivity index is 1.29. The molecule has 3 heterocycles. The summed E-state index contributed by atoms with van der Waals surface area (Å²) in [4.78, 5) is 42.4. The summed E-state index contributed by atoms with van der Waals surface area (Å²) in [7, 11) is -3.36. The van der Waals surface area contributed by atoms with Gasteiger partial charge in [0, 0.05) is 37.5 Å². The molecule has 0 aromatic heterocycles. The van der Waals surface area contributed by atoms with Crippen molar-refractivity contribution in [2.24, 2.45) is 0 Å². The summed E-state index contributed by atoms with van der Waals surface area (Å²) in [6.07, 6.45) is 1.30. The molecule has 4 N–H and O–H groups in total. The average Bonchev–Trinajstić information content (AvgIpc) is 3.48. The number of likely N-dealkylation sites (tertiary alicyclic amines) is 1. The van der Waals surface area contributed by atoms with E-state index < -0.39 is 52.0 Å². The number of carbonyl (C=O) groups is 3. The van der Waals surface area contributed by atoms with E-state index in [0.29, 0.717) is 30.7 Å². The lowest BCUT2D eigenvalue weighted by Crippen LogP contribution is -2.51. The molecule has 6 rings (SSSR count). The van der Waals surface area contributed by atoms with Gasteiger partial charge in [0.25, 0.3) is 5.91 Å². The van der Waals surface area contributed by atoms with Crippen LogP contribution in [0.25, 0.3) is 11.1 Å². The van der Waals surface area contributed by atoms with Crippen LogP contribution in [0.3, 0.4) is 0 Å². The molecule has 3 aromatic carbocycles. The quantitative estimate of drug-likeness (QED) is 0.329. The zero-order chi connectivity index (χ0) is 34.0. The molecule has 48 heavy (non-hydrogen) atoms. The number of anilines is 1. The number of aryl methyl sites for hydroxylation is 1. The molecule has 4 bridgehead atoms. The van der Waals surface area contributed by atoms with Crippen LogP contribution in [0.4, 0.5) is 10.5 Å². The molecule has 0 saturated carbocycles. The maximum Gasteiger partial charge on any atom is 0.322 e. The van der Waals surface area contributed by atoms with Crippen LogP contribution in [0, 0.1) is 6.92 Å². The molecule has 3 aliphatic heterocycles. The zero-order valence-corrected chi connectivity index (χ0v) is 27.7. The van der Waals surface area contributed by atoms with Crippen LogP contribution >= 0.6 is 0 Å². The molecule has 0 spiro atoms. The largest absolute Gasteiger partial charge is 0.493 e. The van der Waals surface area contributed by atoms with Gasteiger partial charge < -0.3 is 35.4 Å². The van der Waals surface area contributed by atoms with Crippen molar-refractivity contribution in [2.45, 2.75) is 67.9 Å². The highest BCUT2D eigenvalue weighted by molar-refractivity contribution is 7.90. The van der Waals surface area contributed by atoms with Crippen molar-refractivity contribution in [1.82, 2.24) is 15.5 Å². The second-order valence-electron chi connectivity index (χ2n) is 12.7. The molecule has 5 atom stereocenters. The molecule has 3 aliphatic rings. The highest BCUT2D eigenvalue weighted by Crippen LogP contribution is 2.31. The van der Waals surface area contributed by atoms with E-state index in [1.807, 2.05) is 25.1 Å². The summed E-state index contributed by atoms with van der Waals surface area (Å²) in [6, 6.07) is 17.1. The number of urea groups is 1. The first-order valence-corrected chi connectivity index (χ1v) is 18.0. The minimum Gasteiger partial charge on any atom is -0.493 e. The SMILES string of the molecule is Cc1cccc(NC(=O)N2C[C@@H]3C[C@H]2C(=O)NC[C@H]2O[C@H](CCOc4cc(-c5ccc(S(C)(=O)=O)cc5)ccc4C(=O)N3)CC[C@@H]2O)c1. The zero-order valence-electron chi connectivity index (χ0n) is 26.8. The fourth-order valence-electron chi connectivity index (χ4n) is 6.46. The van der Waals surface area contributed by atoms with Crippen molar-refractivity contribution in [3.63, 3.8) is 0 Å². The van der Waals surface area contributed by atoms with Crippen molar-refractivity contribution >= 4 is 33.4 Å². The summed E-state index contributed by atoms with van der Waals surface area (Å²) in [5.41, 5.74) is 3.30. The molecule has 2 fully saturated rings. The molecular weight excluding hydrogens is 636 g/mol. The Morgan fingerprint density at radius 3 is 2.52 bits per heavy atom. The normalized spacial score (nSPS) is 24.9. The highest BCUT2D eigenvalue weighted by atomic mass is 32.2. The third-order valence-corrected chi connectivity index (χ3v) is 10.2. The number of benzene rings is 3. The second-order valence-corrected chi connectivity index (χ2v) is 14.7. The van der Waals surface area contributed by atoms with E-state index in [0.717, 1.165) is 22.9 Å². The molecule has 0 unspecified atom stereocenters. The van der Waals surface area contributed by atoms with Gasteiger partial charge in [-0.05, 0) is 79.3 Å². The Kier molecular flexibility index (Phi) is 9.72. The smallest absolute Gasteiger partial charge is 0.322 e. The molecule has 254 valence electrons. The first-order chi connectivity index (χ1) is 22.9. The summed E-state index contributed by atoms with van der Waals surface area (Å²) >= 11 is 0. The number of nitrogens with one attached hydrogen (secondary N) is 3. The van der Waals surface area contributed by atoms with E-state index in [9.17, 15) is 27.9 Å². The highest BCUT2D eigenvalue weighted by Gasteiger charge is 2.41. The Bertz CT molecular complexity index is 1800. The van der Waals surface area contributed by atoms with Crippen molar-refractivity contribution in [3.05, 3.63) is 77.9 Å². The number of carbonyl (C=O) groups excluding carboxylic acids is 3. The summed E-state index contributed by atoms with van der Waals surface area (Å²) in [6.45, 7) is 2.31. The Morgan fingerprint density at radius 2 is 1.77 bits per heavy atom. The molecule has 4 amide bonds. The lowest BCUT2D eigenvalue weighted by Gasteiger charge is -2.34. The molecule has 2 saturated heterocycles. The molecule has 3 aromatic rings. The second kappa shape index (κ2) is 14.0. The molecule has 0 radical (unpaired) electrons. The van der Waals surface area contributed by atoms with Crippen LogP contribution in [0.2, 0.25) is 0 Å². The predicted molar refractivity (Wildman–Crippen MR) is 179 cm³/mol. The molecule has 13 heteroatoms. The number of aliphatic hydroxyl groups is 1. The summed E-state index contributed by atoms with van der Waals surface area (Å²) < 4.78 is 36.3. The van der Waals surface area contributed by atoms with Gasteiger partial charge in [0.15, 0.2) is 9.84 Å². The first-order valence-electron chi connectivity index (χ1n) is 16.1. The topological polar surface area (TPSA) is 163 Å². The predicted octanol–water partition coefficient (Wildman–Crippen LogP) is 3.28. The van der Waals surface area contributed by atoms with Gasteiger partial charge in [0.1, 0.15) is 17.9 Å². The maximum absolute atomic E-state index is 13.8. The molecule has 0 aliphatic carbocycles. The number of hydrogen-bond donors (Lipinski definition) is 4. The minimum atomic E-state index is -3.36. The van der Waals surface area contributed by atoms with Gasteiger partial charge in [-0.1, -0.05) is 30.3 Å². The van der Waals surface area contributed by atoms with Crippen molar-refractivity contribution in [1.29, 1.82) is 0 Å². The standard InChI is InChI=1S/C35H40N4O8S/c1-21-4-3-5-24(16-21)38-35(43)39-20-25-18-29(39)34(42)36-19-32-30(40)13-9-26(47-32)14-15-46-31-17-23(8-12-28(31)33(41)37-25)22-6-10-27(11-7-22)48(2,44)45/h3-8,10-12,16-17,25-26,29-30,32,40H,9,13-15,18-20H2,1-2H3,(H,36,42)(H,37,41)(H,38,43)/t25-,26-,29-,30-,32+/m0/s1. The van der Waals surface area contributed by atoms with Gasteiger partial charge in [-0.2, -0.15) is 0 Å². The fourth-order valence-corrected chi connectivity index (χ4v) is 7.09. The van der Waals surface area contributed by atoms with Gasteiger partial charge in [0.05, 0.1) is 29.3 Å². The first kappa shape index (κ1) is 33.4. The summed E-state index contributed by atoms with van der Waals surface area (Å²) in [5.74, 6) is -0.484. The van der Waals surface area contributed by atoms with E-state index >= 15 is 0 Å². The number of hydrogen-bond acceptors (Lipinski definition) is 8. The summed E-state index contributed by atoms with van der Waals surface area (Å²) in [5, 5.41) is 19.4. The average molecular weight is 677 g/mol. The van der Waals surface area contributed by atoms with Crippen LogP contribution in [0.1, 0.15) is 41.6 Å². The van der Waals surface area contributed by atoms with E-state index in [1.54, 1.807) is 36.4 Å². The molecular formula is C35H40N4O8S. The Labute approximate surface area is 279 Å². The van der Waals surface area contributed by atoms with Crippen LogP contribution in [-0.4, -0.2) is 92.6 Å². The van der Waals surface area contributed by atoms with Crippen molar-refractivity contribution < 1.29 is 37.4 Å². The number of aliphatic hydroxyl groups excluding tert-OH is 1. The molecule has 12 nitrogen and oxygen atoms in total. The van der Waals surface area contributed by atoms with E-state index in [4.69, 9.17) is 9.47 Å². The lowest BCUT2D eigenvalue weighted by molar-refractivity contribution is -0.133. The van der Waals surface area contributed by atoms with Gasteiger partial charge in [-0.3, -0.25) is 9.59 Å². The van der Waals surface area contributed by atoms with Gasteiger partial charge in [-0.15, -0.1) is 0 Å².